The minimum absolute atomic E-state index is 0.400. The van der Waals surface area contributed by atoms with Gasteiger partial charge in [0.1, 0.15) is 0 Å². The Bertz CT molecular complexity index is 565. The number of nitrogens with one attached hydrogen (secondary N) is 1. The molecule has 0 fully saturated rings. The van der Waals surface area contributed by atoms with Crippen molar-refractivity contribution in [3.8, 4) is 0 Å². The van der Waals surface area contributed by atoms with E-state index in [0.717, 1.165) is 6.54 Å². The zero-order chi connectivity index (χ0) is 14.7. The zero-order valence-corrected chi connectivity index (χ0v) is 13.6. The Balaban J connectivity index is 1.70. The standard InChI is InChI=1S/C17H23N3S/c1-20(2)15(16-9-5-11-21-16)12-19-14-8-3-6-13-7-4-10-18-17(13)14/h4-5,7,9-11,14-15,19H,3,6,8,12H2,1-2H3. The molecule has 3 nitrogen and oxygen atoms in total. The van der Waals surface area contributed by atoms with Gasteiger partial charge in [-0.3, -0.25) is 4.98 Å². The van der Waals surface area contributed by atoms with Crippen LogP contribution in [0, 0.1) is 0 Å². The van der Waals surface area contributed by atoms with Gasteiger partial charge < -0.3 is 10.2 Å². The minimum atomic E-state index is 0.400. The third kappa shape index (κ3) is 3.34. The summed E-state index contributed by atoms with van der Waals surface area (Å²) in [5.41, 5.74) is 2.67. The number of likely N-dealkylation sites (N-methyl/N-ethyl adjacent to an activating group) is 1. The molecule has 1 aliphatic carbocycles. The van der Waals surface area contributed by atoms with Gasteiger partial charge in [0.15, 0.2) is 0 Å². The first-order valence-electron chi connectivity index (χ1n) is 7.62. The number of rotatable bonds is 5. The van der Waals surface area contributed by atoms with Crippen molar-refractivity contribution in [1.82, 2.24) is 15.2 Å². The lowest BCUT2D eigenvalue weighted by molar-refractivity contribution is 0.277. The molecule has 0 saturated carbocycles. The Morgan fingerprint density at radius 3 is 3.05 bits per heavy atom. The van der Waals surface area contributed by atoms with Crippen LogP contribution in [0.5, 0.6) is 0 Å². The van der Waals surface area contributed by atoms with E-state index in [4.69, 9.17) is 0 Å². The highest BCUT2D eigenvalue weighted by Gasteiger charge is 2.23. The Hall–Kier alpha value is -1.23. The summed E-state index contributed by atoms with van der Waals surface area (Å²) in [5, 5.41) is 5.91. The molecular weight excluding hydrogens is 278 g/mol. The van der Waals surface area contributed by atoms with Crippen LogP contribution in [-0.4, -0.2) is 30.5 Å². The maximum atomic E-state index is 4.61. The van der Waals surface area contributed by atoms with Crippen molar-refractivity contribution in [1.29, 1.82) is 0 Å². The van der Waals surface area contributed by atoms with E-state index in [2.05, 4.69) is 58.9 Å². The van der Waals surface area contributed by atoms with Gasteiger partial charge >= 0.3 is 0 Å². The fraction of sp³-hybridized carbons (Fsp3) is 0.471. The highest BCUT2D eigenvalue weighted by molar-refractivity contribution is 7.10. The molecule has 0 aliphatic heterocycles. The predicted molar refractivity (Wildman–Crippen MR) is 88.7 cm³/mol. The molecule has 112 valence electrons. The maximum absolute atomic E-state index is 4.61. The molecule has 1 N–H and O–H groups in total. The second kappa shape index (κ2) is 6.69. The van der Waals surface area contributed by atoms with Gasteiger partial charge in [0, 0.05) is 23.7 Å². The first-order chi connectivity index (χ1) is 10.3. The molecule has 21 heavy (non-hydrogen) atoms. The van der Waals surface area contributed by atoms with E-state index in [-0.39, 0.29) is 0 Å². The Morgan fingerprint density at radius 1 is 1.38 bits per heavy atom. The number of aryl methyl sites for hydroxylation is 1. The molecule has 1 aliphatic rings. The summed E-state index contributed by atoms with van der Waals surface area (Å²) in [5.74, 6) is 0. The van der Waals surface area contributed by atoms with Gasteiger partial charge in [-0.1, -0.05) is 12.1 Å². The molecule has 2 heterocycles. The normalized spacial score (nSPS) is 19.5. The summed E-state index contributed by atoms with van der Waals surface area (Å²) >= 11 is 1.83. The molecule has 0 aromatic carbocycles. The molecule has 0 amide bonds. The number of hydrogen-bond acceptors (Lipinski definition) is 4. The van der Waals surface area contributed by atoms with Crippen molar-refractivity contribution in [2.75, 3.05) is 20.6 Å². The van der Waals surface area contributed by atoms with Crippen molar-refractivity contribution in [3.05, 3.63) is 52.0 Å². The predicted octanol–water partition coefficient (Wildman–Crippen LogP) is 3.41. The van der Waals surface area contributed by atoms with Crippen LogP contribution in [0.15, 0.2) is 35.8 Å². The van der Waals surface area contributed by atoms with Gasteiger partial charge in [0.05, 0.1) is 11.7 Å². The van der Waals surface area contributed by atoms with Crippen molar-refractivity contribution in [2.45, 2.75) is 31.3 Å². The molecule has 4 heteroatoms. The van der Waals surface area contributed by atoms with Crippen LogP contribution in [0.2, 0.25) is 0 Å². The Kier molecular flexibility index (Phi) is 4.68. The van der Waals surface area contributed by atoms with Gasteiger partial charge in [-0.05, 0) is 56.4 Å². The van der Waals surface area contributed by atoms with Crippen LogP contribution in [0.1, 0.15) is 41.1 Å². The Labute approximate surface area is 131 Å². The van der Waals surface area contributed by atoms with E-state index < -0.39 is 0 Å². The summed E-state index contributed by atoms with van der Waals surface area (Å²) in [6.07, 6.45) is 5.53. The van der Waals surface area contributed by atoms with Crippen molar-refractivity contribution >= 4 is 11.3 Å². The van der Waals surface area contributed by atoms with Crippen LogP contribution in [0.3, 0.4) is 0 Å². The number of aromatic nitrogens is 1. The molecule has 0 saturated heterocycles. The number of pyridine rings is 1. The van der Waals surface area contributed by atoms with Crippen LogP contribution >= 0.6 is 11.3 Å². The maximum Gasteiger partial charge on any atom is 0.0605 e. The summed E-state index contributed by atoms with van der Waals surface area (Å²) in [6, 6.07) is 9.46. The van der Waals surface area contributed by atoms with E-state index in [1.807, 2.05) is 17.5 Å². The lowest BCUT2D eigenvalue weighted by atomic mass is 9.92. The lowest BCUT2D eigenvalue weighted by Gasteiger charge is -2.29. The van der Waals surface area contributed by atoms with Gasteiger partial charge in [0.2, 0.25) is 0 Å². The van der Waals surface area contributed by atoms with Gasteiger partial charge in [0.25, 0.3) is 0 Å². The van der Waals surface area contributed by atoms with Crippen molar-refractivity contribution in [2.24, 2.45) is 0 Å². The van der Waals surface area contributed by atoms with Crippen molar-refractivity contribution in [3.63, 3.8) is 0 Å². The Morgan fingerprint density at radius 2 is 2.29 bits per heavy atom. The van der Waals surface area contributed by atoms with Gasteiger partial charge in [-0.25, -0.2) is 0 Å². The molecule has 2 atom stereocenters. The average Bonchev–Trinajstić information content (AvgIpc) is 3.01. The smallest absolute Gasteiger partial charge is 0.0605 e. The average molecular weight is 301 g/mol. The van der Waals surface area contributed by atoms with E-state index in [0.29, 0.717) is 12.1 Å². The topological polar surface area (TPSA) is 28.2 Å². The minimum Gasteiger partial charge on any atom is -0.307 e. The largest absolute Gasteiger partial charge is 0.307 e. The van der Waals surface area contributed by atoms with Crippen molar-refractivity contribution < 1.29 is 0 Å². The highest BCUT2D eigenvalue weighted by atomic mass is 32.1. The molecule has 0 spiro atoms. The number of fused-ring (bicyclic) bond motifs is 1. The summed E-state index contributed by atoms with van der Waals surface area (Å²) in [7, 11) is 4.30. The van der Waals surface area contributed by atoms with E-state index >= 15 is 0 Å². The first kappa shape index (κ1) is 14.7. The summed E-state index contributed by atoms with van der Waals surface area (Å²) < 4.78 is 0. The fourth-order valence-corrected chi connectivity index (χ4v) is 4.00. The first-order valence-corrected chi connectivity index (χ1v) is 8.50. The molecule has 0 radical (unpaired) electrons. The second-order valence-corrected chi connectivity index (χ2v) is 6.87. The number of nitrogens with zero attached hydrogens (tertiary/aromatic N) is 2. The SMILES string of the molecule is CN(C)C(CNC1CCCc2cccnc21)c1cccs1. The van der Waals surface area contributed by atoms with Crippen LogP contribution in [0.4, 0.5) is 0 Å². The third-order valence-corrected chi connectivity index (χ3v) is 5.22. The summed E-state index contributed by atoms with van der Waals surface area (Å²) in [4.78, 5) is 8.33. The molecule has 3 rings (SSSR count). The second-order valence-electron chi connectivity index (χ2n) is 5.90. The third-order valence-electron chi connectivity index (χ3n) is 4.25. The van der Waals surface area contributed by atoms with Gasteiger partial charge in [-0.2, -0.15) is 0 Å². The number of hydrogen-bond donors (Lipinski definition) is 1. The molecule has 2 aromatic heterocycles. The quantitative estimate of drug-likeness (QED) is 0.917. The zero-order valence-electron chi connectivity index (χ0n) is 12.7. The van der Waals surface area contributed by atoms with Crippen LogP contribution < -0.4 is 5.32 Å². The van der Waals surface area contributed by atoms with Crippen LogP contribution in [0.25, 0.3) is 0 Å². The van der Waals surface area contributed by atoms with E-state index in [9.17, 15) is 0 Å². The monoisotopic (exact) mass is 301 g/mol. The van der Waals surface area contributed by atoms with Crippen LogP contribution in [-0.2, 0) is 6.42 Å². The molecule has 2 unspecified atom stereocenters. The highest BCUT2D eigenvalue weighted by Crippen LogP contribution is 2.29. The molecular formula is C17H23N3S. The van der Waals surface area contributed by atoms with E-state index in [1.165, 1.54) is 35.4 Å². The van der Waals surface area contributed by atoms with E-state index in [1.54, 1.807) is 0 Å². The molecule has 2 aromatic rings. The van der Waals surface area contributed by atoms with Gasteiger partial charge in [-0.15, -0.1) is 11.3 Å². The lowest BCUT2D eigenvalue weighted by Crippen LogP contribution is -2.34. The molecule has 0 bridgehead atoms. The number of thiophene rings is 1. The summed E-state index contributed by atoms with van der Waals surface area (Å²) in [6.45, 7) is 0.966. The fourth-order valence-electron chi connectivity index (χ4n) is 3.08.